The van der Waals surface area contributed by atoms with Crippen LogP contribution in [-0.2, 0) is 10.5 Å². The number of hydrogen-bond acceptors (Lipinski definition) is 2. The topological polar surface area (TPSA) is 54.4 Å². The van der Waals surface area contributed by atoms with Gasteiger partial charge in [0.2, 0.25) is 0 Å². The summed E-state index contributed by atoms with van der Waals surface area (Å²) < 4.78 is 34.1. The van der Waals surface area contributed by atoms with Crippen molar-refractivity contribution in [2.24, 2.45) is 0 Å². The summed E-state index contributed by atoms with van der Waals surface area (Å²) in [6.07, 6.45) is 0. The molecule has 0 atom stereocenters. The van der Waals surface area contributed by atoms with Gasteiger partial charge in [0, 0.05) is 0 Å². The molecule has 0 radical (unpaired) electrons. The first-order chi connectivity index (χ1) is 2.00. The zero-order valence-corrected chi connectivity index (χ0v) is 4.92. The van der Waals surface area contributed by atoms with Gasteiger partial charge in [-0.2, -0.15) is 8.42 Å². The molecule has 0 unspecified atom stereocenters. The zero-order valence-electron chi connectivity index (χ0n) is 2.33. The van der Waals surface area contributed by atoms with Gasteiger partial charge in [-0.05, 0) is 0 Å². The smallest absolute Gasteiger partial charge is 0.260 e. The molecule has 0 aliphatic heterocycles. The van der Waals surface area contributed by atoms with Crippen LogP contribution in [0.2, 0.25) is 0 Å². The predicted molar refractivity (Wildman–Crippen MR) is 12.7 cm³/mol. The average Bonchev–Trinajstić information content (AvgIpc) is 0.722. The third kappa shape index (κ3) is 73.0. The maximum Gasteiger partial charge on any atom is 3.00 e. The van der Waals surface area contributed by atoms with Crippen molar-refractivity contribution in [3.63, 3.8) is 0 Å². The van der Waals surface area contributed by atoms with Crippen molar-refractivity contribution < 1.29 is 53.7 Å². The summed E-state index contributed by atoms with van der Waals surface area (Å²) in [5, 5.41) is 0. The molecule has 0 heterocycles. The summed E-state index contributed by atoms with van der Waals surface area (Å²) in [6, 6.07) is 0. The molecule has 6 heavy (non-hydrogen) atoms. The first-order valence-electron chi connectivity index (χ1n) is 0.670. The number of hydrogen-bond donors (Lipinski definition) is 1. The van der Waals surface area contributed by atoms with Gasteiger partial charge in [0.15, 0.2) is 0 Å². The van der Waals surface area contributed by atoms with Gasteiger partial charge >= 0.3 is 47.4 Å². The molecule has 0 fully saturated rings. The first kappa shape index (κ1) is 10.1. The normalized spacial score (nSPS) is 9.67. The van der Waals surface area contributed by atoms with Gasteiger partial charge in [0.25, 0.3) is 0 Å². The van der Waals surface area contributed by atoms with Crippen LogP contribution in [0.5, 0.6) is 0 Å². The van der Waals surface area contributed by atoms with Gasteiger partial charge in [-0.1, -0.05) is 3.89 Å². The SMILES string of the molecule is O=S(=O)(O)F.[Tm+3]. The quantitative estimate of drug-likeness (QED) is 0.487. The molecule has 0 saturated carbocycles. The minimum atomic E-state index is -5.17. The average molecular weight is 269 g/mol. The zero-order chi connectivity index (χ0) is 4.50. The molecular formula is HFO3STm+3. The second-order valence-corrected chi connectivity index (χ2v) is 1.24. The number of rotatable bonds is 0. The minimum absolute atomic E-state index is 0. The van der Waals surface area contributed by atoms with Crippen LogP contribution in [0.25, 0.3) is 0 Å². The van der Waals surface area contributed by atoms with E-state index in [-0.39, 0.29) is 36.9 Å². The van der Waals surface area contributed by atoms with Crippen molar-refractivity contribution in [1.29, 1.82) is 0 Å². The Labute approximate surface area is 63.8 Å². The van der Waals surface area contributed by atoms with Gasteiger partial charge in [0.05, 0.1) is 0 Å². The molecule has 0 aromatic carbocycles. The molecule has 1 N–H and O–H groups in total. The molecule has 3 nitrogen and oxygen atoms in total. The van der Waals surface area contributed by atoms with Crippen molar-refractivity contribution in [1.82, 2.24) is 0 Å². The van der Waals surface area contributed by atoms with Gasteiger partial charge < -0.3 is 0 Å². The summed E-state index contributed by atoms with van der Waals surface area (Å²) in [5.41, 5.74) is 0. The van der Waals surface area contributed by atoms with E-state index in [4.69, 9.17) is 13.0 Å². The fraction of sp³-hybridized carbons (Fsp3) is 0. The predicted octanol–water partition coefficient (Wildman–Crippen LogP) is -0.241. The van der Waals surface area contributed by atoms with Crippen LogP contribution in [0.1, 0.15) is 0 Å². The minimum Gasteiger partial charge on any atom is -0.260 e. The standard InChI is InChI=1S/FHO3S.Tm/c1-5(2,3)4;/h(H,2,3,4);/q;+3. The Hall–Kier alpha value is 1.07. The van der Waals surface area contributed by atoms with Gasteiger partial charge in [-0.3, -0.25) is 4.55 Å². The fourth-order valence-corrected chi connectivity index (χ4v) is 0. The molecule has 0 amide bonds. The Morgan fingerprint density at radius 3 is 1.50 bits per heavy atom. The maximum atomic E-state index is 10.2. The summed E-state index contributed by atoms with van der Waals surface area (Å²) in [5.74, 6) is 0. The van der Waals surface area contributed by atoms with Crippen molar-refractivity contribution in [3.8, 4) is 0 Å². The van der Waals surface area contributed by atoms with Crippen LogP contribution >= 0.6 is 0 Å². The van der Waals surface area contributed by atoms with E-state index in [1.807, 2.05) is 0 Å². The Bertz CT molecular complexity index is 94.0. The molecule has 0 aromatic rings. The van der Waals surface area contributed by atoms with E-state index in [0.29, 0.717) is 0 Å². The van der Waals surface area contributed by atoms with Crippen molar-refractivity contribution in [2.75, 3.05) is 0 Å². The first-order valence-corrected chi connectivity index (χ1v) is 2.01. The van der Waals surface area contributed by atoms with Crippen LogP contribution in [0, 0.1) is 36.9 Å². The Kier molecular flexibility index (Phi) is 5.28. The van der Waals surface area contributed by atoms with Crippen molar-refractivity contribution in [3.05, 3.63) is 0 Å². The third-order valence-electron chi connectivity index (χ3n) is 0. The molecule has 0 saturated heterocycles. The van der Waals surface area contributed by atoms with Crippen LogP contribution in [0.3, 0.4) is 0 Å². The second-order valence-electron chi connectivity index (χ2n) is 0.412. The van der Waals surface area contributed by atoms with Crippen molar-refractivity contribution in [2.45, 2.75) is 0 Å². The third-order valence-corrected chi connectivity index (χ3v) is 0. The maximum absolute atomic E-state index is 10.2. The molecule has 6 heteroatoms. The van der Waals surface area contributed by atoms with E-state index in [9.17, 15) is 3.89 Å². The molecule has 0 aliphatic carbocycles. The fourth-order valence-electron chi connectivity index (χ4n) is 0. The van der Waals surface area contributed by atoms with Crippen molar-refractivity contribution >= 4 is 10.5 Å². The molecule has 0 rings (SSSR count). The van der Waals surface area contributed by atoms with Crippen LogP contribution in [0.4, 0.5) is 3.89 Å². The summed E-state index contributed by atoms with van der Waals surface area (Å²) >= 11 is 0. The van der Waals surface area contributed by atoms with E-state index < -0.39 is 10.5 Å². The Morgan fingerprint density at radius 2 is 1.50 bits per heavy atom. The van der Waals surface area contributed by atoms with Crippen LogP contribution < -0.4 is 0 Å². The summed E-state index contributed by atoms with van der Waals surface area (Å²) in [4.78, 5) is 0. The molecule has 0 aromatic heterocycles. The van der Waals surface area contributed by atoms with E-state index >= 15 is 0 Å². The Balaban J connectivity index is 0. The van der Waals surface area contributed by atoms with Crippen LogP contribution in [-0.4, -0.2) is 13.0 Å². The molecule has 0 spiro atoms. The van der Waals surface area contributed by atoms with Crippen LogP contribution in [0.15, 0.2) is 0 Å². The Morgan fingerprint density at radius 1 is 1.50 bits per heavy atom. The van der Waals surface area contributed by atoms with E-state index in [0.717, 1.165) is 0 Å². The molecule has 0 bridgehead atoms. The van der Waals surface area contributed by atoms with Gasteiger partial charge in [-0.25, -0.2) is 0 Å². The van der Waals surface area contributed by atoms with E-state index in [1.165, 1.54) is 0 Å². The molecule has 0 aliphatic rings. The van der Waals surface area contributed by atoms with E-state index in [1.54, 1.807) is 0 Å². The molecular weight excluding hydrogens is 268 g/mol. The monoisotopic (exact) mass is 269 g/mol. The summed E-state index contributed by atoms with van der Waals surface area (Å²) in [7, 11) is -5.17. The largest absolute Gasteiger partial charge is 3.00 e. The van der Waals surface area contributed by atoms with E-state index in [2.05, 4.69) is 0 Å². The van der Waals surface area contributed by atoms with Gasteiger partial charge in [0.1, 0.15) is 0 Å². The second kappa shape index (κ2) is 3.12. The summed E-state index contributed by atoms with van der Waals surface area (Å²) in [6.45, 7) is 0. The van der Waals surface area contributed by atoms with Gasteiger partial charge in [-0.15, -0.1) is 0 Å². The number of halogens is 1. The molecule has 42 valence electrons.